The largest absolute Gasteiger partial charge is 0.431 e. The molecule has 0 fully saturated rings. The molecule has 0 spiro atoms. The zero-order chi connectivity index (χ0) is 17.9. The highest BCUT2D eigenvalue weighted by molar-refractivity contribution is 7.80. The van der Waals surface area contributed by atoms with E-state index in [2.05, 4.69) is 11.7 Å². The Balaban J connectivity index is 2.57. The number of rotatable bonds is 6. The zero-order valence-electron chi connectivity index (χ0n) is 13.3. The van der Waals surface area contributed by atoms with Crippen LogP contribution in [0.5, 0.6) is 5.88 Å². The van der Waals surface area contributed by atoms with E-state index in [0.717, 1.165) is 0 Å². The Labute approximate surface area is 156 Å². The smallest absolute Gasteiger partial charge is 0.230 e. The summed E-state index contributed by atoms with van der Waals surface area (Å²) >= 11 is 17.2. The number of halogens is 2. The van der Waals surface area contributed by atoms with Crippen molar-refractivity contribution in [3.05, 3.63) is 57.7 Å². The molecule has 0 amide bonds. The van der Waals surface area contributed by atoms with Crippen molar-refractivity contribution in [2.75, 3.05) is 0 Å². The second-order valence-corrected chi connectivity index (χ2v) is 6.32. The quantitative estimate of drug-likeness (QED) is 0.399. The molecule has 0 saturated heterocycles. The number of carbonyl (C=O) groups is 1. The first-order chi connectivity index (χ1) is 11.4. The van der Waals surface area contributed by atoms with Gasteiger partial charge in [0.2, 0.25) is 11.7 Å². The van der Waals surface area contributed by atoms with Crippen molar-refractivity contribution >= 4 is 46.3 Å². The summed E-state index contributed by atoms with van der Waals surface area (Å²) in [4.78, 5) is 13.0. The molecule has 1 aromatic heterocycles. The number of ether oxygens (including phenoxy) is 1. The highest BCUT2D eigenvalue weighted by atomic mass is 35.5. The van der Waals surface area contributed by atoms with Gasteiger partial charge in [-0.05, 0) is 37.3 Å². The number of allylic oxidation sites excluding steroid dienone is 1. The van der Waals surface area contributed by atoms with Crippen LogP contribution in [0.25, 0.3) is 0 Å². The molecule has 0 saturated carbocycles. The van der Waals surface area contributed by atoms with E-state index < -0.39 is 0 Å². The first kappa shape index (κ1) is 18.6. The van der Waals surface area contributed by atoms with Crippen LogP contribution in [0.4, 0.5) is 0 Å². The first-order valence-electron chi connectivity index (χ1n) is 7.27. The summed E-state index contributed by atoms with van der Waals surface area (Å²) in [5, 5.41) is 5.45. The van der Waals surface area contributed by atoms with Gasteiger partial charge in [-0.2, -0.15) is 5.10 Å². The molecule has 0 aliphatic heterocycles. The van der Waals surface area contributed by atoms with Crippen LogP contribution < -0.4 is 4.74 Å². The fourth-order valence-corrected chi connectivity index (χ4v) is 2.73. The molecule has 7 heteroatoms. The van der Waals surface area contributed by atoms with Crippen LogP contribution >= 0.6 is 35.4 Å². The molecule has 0 aliphatic rings. The molecule has 126 valence electrons. The van der Waals surface area contributed by atoms with Crippen molar-refractivity contribution in [2.24, 2.45) is 0 Å². The molecule has 24 heavy (non-hydrogen) atoms. The average Bonchev–Trinajstić information content (AvgIpc) is 2.82. The Bertz CT molecular complexity index is 815. The monoisotopic (exact) mass is 382 g/mol. The molecule has 0 unspecified atom stereocenters. The average molecular weight is 383 g/mol. The maximum Gasteiger partial charge on any atom is 0.230 e. The highest BCUT2D eigenvalue weighted by Crippen LogP contribution is 2.30. The van der Waals surface area contributed by atoms with Crippen LogP contribution in [0.2, 0.25) is 10.0 Å². The third-order valence-corrected chi connectivity index (χ3v) is 4.20. The second kappa shape index (κ2) is 7.92. The van der Waals surface area contributed by atoms with Crippen LogP contribution in [0.3, 0.4) is 0 Å². The van der Waals surface area contributed by atoms with E-state index in [9.17, 15) is 4.79 Å². The van der Waals surface area contributed by atoms with Crippen molar-refractivity contribution < 1.29 is 9.53 Å². The van der Waals surface area contributed by atoms with Crippen molar-refractivity contribution in [3.63, 3.8) is 0 Å². The van der Waals surface area contributed by atoms with Gasteiger partial charge in [0.15, 0.2) is 5.05 Å². The Hall–Kier alpha value is -1.69. The summed E-state index contributed by atoms with van der Waals surface area (Å²) in [6, 6.07) is 4.72. The minimum absolute atomic E-state index is 0.271. The molecule has 4 nitrogen and oxygen atoms in total. The Kier molecular flexibility index (Phi) is 6.15. The van der Waals surface area contributed by atoms with Crippen LogP contribution in [0, 0.1) is 6.92 Å². The number of thiocarbonyl (C=S) groups is 1. The fraction of sp³-hybridized carbons (Fsp3) is 0.235. The summed E-state index contributed by atoms with van der Waals surface area (Å²) in [6.07, 6.45) is 2.21. The van der Waals surface area contributed by atoms with Crippen LogP contribution in [0.1, 0.15) is 35.0 Å². The standard InChI is InChI=1S/C17H16Cl2N2O2S/c1-4-8-21-17(23-14(24)5-2)15(10(3)20-21)16(22)12-7-6-11(18)9-13(12)19/h4,6-7,9H,1,5,8H2,2-3H3. The van der Waals surface area contributed by atoms with Gasteiger partial charge in [-0.15, -0.1) is 6.58 Å². The topological polar surface area (TPSA) is 44.1 Å². The number of nitrogens with zero attached hydrogens (tertiary/aromatic N) is 2. The molecule has 0 bridgehead atoms. The van der Waals surface area contributed by atoms with E-state index in [0.29, 0.717) is 45.7 Å². The molecule has 2 aromatic rings. The molecule has 0 atom stereocenters. The third-order valence-electron chi connectivity index (χ3n) is 3.28. The summed E-state index contributed by atoms with van der Waals surface area (Å²) < 4.78 is 7.26. The van der Waals surface area contributed by atoms with Crippen molar-refractivity contribution in [3.8, 4) is 5.88 Å². The lowest BCUT2D eigenvalue weighted by Crippen LogP contribution is -2.12. The van der Waals surface area contributed by atoms with Crippen LogP contribution in [-0.4, -0.2) is 20.6 Å². The normalized spacial score (nSPS) is 10.5. The van der Waals surface area contributed by atoms with Gasteiger partial charge >= 0.3 is 0 Å². The van der Waals surface area contributed by atoms with Gasteiger partial charge in [-0.25, -0.2) is 4.68 Å². The summed E-state index contributed by atoms with van der Waals surface area (Å²) in [6.45, 7) is 7.70. The van der Waals surface area contributed by atoms with Gasteiger partial charge in [-0.1, -0.05) is 36.2 Å². The maximum absolute atomic E-state index is 13.0. The molecule has 2 rings (SSSR count). The second-order valence-electron chi connectivity index (χ2n) is 5.02. The van der Waals surface area contributed by atoms with Gasteiger partial charge in [-0.3, -0.25) is 4.79 Å². The highest BCUT2D eigenvalue weighted by Gasteiger charge is 2.26. The molecular formula is C17H16Cl2N2O2S. The maximum atomic E-state index is 13.0. The Morgan fingerprint density at radius 1 is 1.46 bits per heavy atom. The van der Waals surface area contributed by atoms with Crippen molar-refractivity contribution in [1.29, 1.82) is 0 Å². The lowest BCUT2D eigenvalue weighted by atomic mass is 10.0. The van der Waals surface area contributed by atoms with Gasteiger partial charge in [0.1, 0.15) is 5.56 Å². The lowest BCUT2D eigenvalue weighted by molar-refractivity contribution is 0.103. The number of hydrogen-bond acceptors (Lipinski definition) is 4. The Morgan fingerprint density at radius 3 is 2.75 bits per heavy atom. The molecule has 1 aromatic carbocycles. The third kappa shape index (κ3) is 3.86. The molecule has 0 aliphatic carbocycles. The van der Waals surface area contributed by atoms with E-state index in [1.54, 1.807) is 29.8 Å². The van der Waals surface area contributed by atoms with Gasteiger partial charge < -0.3 is 4.74 Å². The number of aromatic nitrogens is 2. The summed E-state index contributed by atoms with van der Waals surface area (Å²) in [5.41, 5.74) is 1.19. The SMILES string of the molecule is C=CCn1nc(C)c(C(=O)c2ccc(Cl)cc2Cl)c1OC(=S)CC. The summed E-state index contributed by atoms with van der Waals surface area (Å²) in [5.74, 6) is 0.00801. The van der Waals surface area contributed by atoms with E-state index in [4.69, 9.17) is 40.2 Å². The minimum atomic E-state index is -0.293. The molecule has 0 N–H and O–H groups in total. The summed E-state index contributed by atoms with van der Waals surface area (Å²) in [7, 11) is 0. The van der Waals surface area contributed by atoms with E-state index in [1.165, 1.54) is 6.07 Å². The van der Waals surface area contributed by atoms with E-state index >= 15 is 0 Å². The molecular weight excluding hydrogens is 367 g/mol. The van der Waals surface area contributed by atoms with E-state index in [1.807, 2.05) is 6.92 Å². The number of aryl methyl sites for hydroxylation is 1. The first-order valence-corrected chi connectivity index (χ1v) is 8.44. The number of carbonyl (C=O) groups excluding carboxylic acids is 1. The number of hydrogen-bond donors (Lipinski definition) is 0. The lowest BCUT2D eigenvalue weighted by Gasteiger charge is -2.10. The number of ketones is 1. The van der Waals surface area contributed by atoms with Gasteiger partial charge in [0.25, 0.3) is 0 Å². The van der Waals surface area contributed by atoms with E-state index in [-0.39, 0.29) is 10.8 Å². The van der Waals surface area contributed by atoms with Gasteiger partial charge in [0, 0.05) is 17.0 Å². The number of benzene rings is 1. The zero-order valence-corrected chi connectivity index (χ0v) is 15.6. The fourth-order valence-electron chi connectivity index (χ4n) is 2.16. The molecule has 0 radical (unpaired) electrons. The van der Waals surface area contributed by atoms with Crippen molar-refractivity contribution in [1.82, 2.24) is 9.78 Å². The molecule has 1 heterocycles. The van der Waals surface area contributed by atoms with Crippen LogP contribution in [0.15, 0.2) is 30.9 Å². The van der Waals surface area contributed by atoms with Crippen molar-refractivity contribution in [2.45, 2.75) is 26.8 Å². The Morgan fingerprint density at radius 2 is 2.17 bits per heavy atom. The van der Waals surface area contributed by atoms with Crippen LogP contribution in [-0.2, 0) is 6.54 Å². The van der Waals surface area contributed by atoms with Gasteiger partial charge in [0.05, 0.1) is 17.3 Å². The predicted molar refractivity (Wildman–Crippen MR) is 101 cm³/mol. The minimum Gasteiger partial charge on any atom is -0.431 e. The predicted octanol–water partition coefficient (Wildman–Crippen LogP) is 5.03.